The molecule has 0 aliphatic heterocycles. The molecule has 0 unspecified atom stereocenters. The number of pyridine rings is 1. The van der Waals surface area contributed by atoms with Gasteiger partial charge in [-0.3, -0.25) is 4.98 Å². The van der Waals surface area contributed by atoms with E-state index in [1.165, 1.54) is 0 Å². The molecule has 0 aromatic carbocycles. The summed E-state index contributed by atoms with van der Waals surface area (Å²) in [5, 5.41) is 3.26. The maximum atomic E-state index is 5.92. The molecule has 0 aliphatic rings. The van der Waals surface area contributed by atoms with Crippen LogP contribution in [-0.2, 0) is 19.6 Å². The number of aryl methyl sites for hydroxylation is 3. The molecule has 0 saturated carbocycles. The number of rotatable bonds is 7. The summed E-state index contributed by atoms with van der Waals surface area (Å²) in [7, 11) is 0. The van der Waals surface area contributed by atoms with Crippen molar-refractivity contribution in [1.29, 1.82) is 0 Å². The molecule has 0 amide bonds. The maximum Gasteiger partial charge on any atom is 0.141 e. The van der Waals surface area contributed by atoms with Gasteiger partial charge >= 0.3 is 0 Å². The second-order valence-electron chi connectivity index (χ2n) is 5.11. The minimum Gasteiger partial charge on any atom is -0.487 e. The fourth-order valence-electron chi connectivity index (χ4n) is 2.20. The first kappa shape index (κ1) is 15.6. The number of nitrogens with zero attached hydrogens (tertiary/aromatic N) is 1. The number of hydrogen-bond acceptors (Lipinski definition) is 4. The van der Waals surface area contributed by atoms with E-state index in [1.54, 1.807) is 0 Å². The van der Waals surface area contributed by atoms with Crippen LogP contribution in [0.5, 0.6) is 5.75 Å². The van der Waals surface area contributed by atoms with Crippen LogP contribution in [0.25, 0.3) is 0 Å². The summed E-state index contributed by atoms with van der Waals surface area (Å²) < 4.78 is 11.6. The Morgan fingerprint density at radius 2 is 2.05 bits per heavy atom. The molecule has 2 rings (SSSR count). The van der Waals surface area contributed by atoms with Gasteiger partial charge in [-0.25, -0.2) is 0 Å². The lowest BCUT2D eigenvalue weighted by Gasteiger charge is -2.09. The molecular formula is C17H24N2O2. The van der Waals surface area contributed by atoms with Gasteiger partial charge in [-0.05, 0) is 45.0 Å². The highest BCUT2D eigenvalue weighted by atomic mass is 16.5. The van der Waals surface area contributed by atoms with Crippen LogP contribution in [0.15, 0.2) is 22.6 Å². The lowest BCUT2D eigenvalue weighted by atomic mass is 10.2. The molecule has 4 nitrogen and oxygen atoms in total. The van der Waals surface area contributed by atoms with Crippen molar-refractivity contribution in [2.24, 2.45) is 0 Å². The van der Waals surface area contributed by atoms with Gasteiger partial charge in [0.05, 0.1) is 12.2 Å². The largest absolute Gasteiger partial charge is 0.487 e. The first-order chi connectivity index (χ1) is 10.1. The van der Waals surface area contributed by atoms with Crippen molar-refractivity contribution in [3.8, 4) is 5.75 Å². The molecule has 2 aromatic heterocycles. The van der Waals surface area contributed by atoms with E-state index in [4.69, 9.17) is 9.15 Å². The topological polar surface area (TPSA) is 47.3 Å². The smallest absolute Gasteiger partial charge is 0.141 e. The SMILES string of the molecule is CCNCc1cc(COc2ccc(C)nc2CC)c(C)o1. The van der Waals surface area contributed by atoms with Gasteiger partial charge in [0.15, 0.2) is 0 Å². The van der Waals surface area contributed by atoms with Crippen LogP contribution in [0.4, 0.5) is 0 Å². The highest BCUT2D eigenvalue weighted by molar-refractivity contribution is 5.30. The molecule has 0 fully saturated rings. The number of ether oxygens (including phenoxy) is 1. The molecule has 2 aromatic rings. The van der Waals surface area contributed by atoms with Gasteiger partial charge < -0.3 is 14.5 Å². The van der Waals surface area contributed by atoms with E-state index in [0.29, 0.717) is 6.61 Å². The third-order valence-corrected chi connectivity index (χ3v) is 3.41. The molecule has 114 valence electrons. The summed E-state index contributed by atoms with van der Waals surface area (Å²) >= 11 is 0. The van der Waals surface area contributed by atoms with E-state index in [-0.39, 0.29) is 0 Å². The quantitative estimate of drug-likeness (QED) is 0.846. The Bertz CT molecular complexity index is 590. The third kappa shape index (κ3) is 4.08. The Morgan fingerprint density at radius 1 is 1.24 bits per heavy atom. The number of aromatic nitrogens is 1. The Hall–Kier alpha value is -1.81. The van der Waals surface area contributed by atoms with E-state index < -0.39 is 0 Å². The first-order valence-electron chi connectivity index (χ1n) is 7.52. The number of hydrogen-bond donors (Lipinski definition) is 1. The van der Waals surface area contributed by atoms with Crippen molar-refractivity contribution in [2.75, 3.05) is 6.54 Å². The summed E-state index contributed by atoms with van der Waals surface area (Å²) in [5.41, 5.74) is 3.11. The molecule has 0 spiro atoms. The highest BCUT2D eigenvalue weighted by Gasteiger charge is 2.10. The summed E-state index contributed by atoms with van der Waals surface area (Å²) in [6.07, 6.45) is 0.868. The van der Waals surface area contributed by atoms with Crippen LogP contribution in [-0.4, -0.2) is 11.5 Å². The predicted octanol–water partition coefficient (Wildman–Crippen LogP) is 3.54. The Morgan fingerprint density at radius 3 is 2.76 bits per heavy atom. The van der Waals surface area contributed by atoms with Crippen LogP contribution < -0.4 is 10.1 Å². The van der Waals surface area contributed by atoms with Crippen LogP contribution >= 0.6 is 0 Å². The van der Waals surface area contributed by atoms with Gasteiger partial charge in [0.1, 0.15) is 23.9 Å². The average molecular weight is 288 g/mol. The van der Waals surface area contributed by atoms with E-state index in [1.807, 2.05) is 26.0 Å². The molecule has 0 bridgehead atoms. The van der Waals surface area contributed by atoms with Gasteiger partial charge in [0.2, 0.25) is 0 Å². The molecule has 1 N–H and O–H groups in total. The molecule has 21 heavy (non-hydrogen) atoms. The van der Waals surface area contributed by atoms with E-state index >= 15 is 0 Å². The summed E-state index contributed by atoms with van der Waals surface area (Å²) in [6.45, 7) is 10.3. The summed E-state index contributed by atoms with van der Waals surface area (Å²) in [4.78, 5) is 4.51. The summed E-state index contributed by atoms with van der Waals surface area (Å²) in [6, 6.07) is 6.04. The Balaban J connectivity index is 2.04. The zero-order valence-corrected chi connectivity index (χ0v) is 13.3. The van der Waals surface area contributed by atoms with Crippen LogP contribution in [0.1, 0.15) is 42.3 Å². The molecular weight excluding hydrogens is 264 g/mol. The van der Waals surface area contributed by atoms with Gasteiger partial charge in [-0.2, -0.15) is 0 Å². The minimum atomic E-state index is 0.513. The molecule has 0 atom stereocenters. The van der Waals surface area contributed by atoms with Gasteiger partial charge in [0.25, 0.3) is 0 Å². The molecule has 0 aliphatic carbocycles. The van der Waals surface area contributed by atoms with Crippen molar-refractivity contribution >= 4 is 0 Å². The van der Waals surface area contributed by atoms with Crippen molar-refractivity contribution < 1.29 is 9.15 Å². The molecule has 2 heterocycles. The van der Waals surface area contributed by atoms with Gasteiger partial charge in [0, 0.05) is 11.3 Å². The highest BCUT2D eigenvalue weighted by Crippen LogP contribution is 2.21. The molecule has 0 radical (unpaired) electrons. The lowest BCUT2D eigenvalue weighted by Crippen LogP contribution is -2.10. The predicted molar refractivity (Wildman–Crippen MR) is 83.5 cm³/mol. The molecule has 0 saturated heterocycles. The lowest BCUT2D eigenvalue weighted by molar-refractivity contribution is 0.298. The van der Waals surface area contributed by atoms with Gasteiger partial charge in [-0.15, -0.1) is 0 Å². The summed E-state index contributed by atoms with van der Waals surface area (Å²) in [5.74, 6) is 2.73. The molecule has 4 heteroatoms. The normalized spacial score (nSPS) is 10.9. The number of furan rings is 1. The monoisotopic (exact) mass is 288 g/mol. The van der Waals surface area contributed by atoms with E-state index in [9.17, 15) is 0 Å². The van der Waals surface area contributed by atoms with E-state index in [0.717, 1.165) is 53.7 Å². The fraction of sp³-hybridized carbons (Fsp3) is 0.471. The number of nitrogens with one attached hydrogen (secondary N) is 1. The third-order valence-electron chi connectivity index (χ3n) is 3.41. The average Bonchev–Trinajstić information content (AvgIpc) is 2.84. The second-order valence-corrected chi connectivity index (χ2v) is 5.11. The van der Waals surface area contributed by atoms with Crippen LogP contribution in [0, 0.1) is 13.8 Å². The Kier molecular flexibility index (Phi) is 5.39. The van der Waals surface area contributed by atoms with Crippen LogP contribution in [0.3, 0.4) is 0 Å². The fourth-order valence-corrected chi connectivity index (χ4v) is 2.20. The standard InChI is InChI=1S/C17H24N2O2/c1-5-16-17(8-7-12(3)19-16)20-11-14-9-15(10-18-6-2)21-13(14)4/h7-9,18H,5-6,10-11H2,1-4H3. The zero-order chi connectivity index (χ0) is 15.2. The van der Waals surface area contributed by atoms with E-state index in [2.05, 4.69) is 30.2 Å². The minimum absolute atomic E-state index is 0.513. The van der Waals surface area contributed by atoms with Crippen molar-refractivity contribution in [2.45, 2.75) is 47.3 Å². The van der Waals surface area contributed by atoms with Crippen molar-refractivity contribution in [1.82, 2.24) is 10.3 Å². The Labute approximate surface area is 126 Å². The zero-order valence-electron chi connectivity index (χ0n) is 13.3. The van der Waals surface area contributed by atoms with Crippen molar-refractivity contribution in [3.63, 3.8) is 0 Å². The first-order valence-corrected chi connectivity index (χ1v) is 7.52. The van der Waals surface area contributed by atoms with Crippen molar-refractivity contribution in [3.05, 3.63) is 46.7 Å². The maximum absolute atomic E-state index is 5.92. The van der Waals surface area contributed by atoms with Crippen LogP contribution in [0.2, 0.25) is 0 Å². The second kappa shape index (κ2) is 7.27. The van der Waals surface area contributed by atoms with Gasteiger partial charge in [-0.1, -0.05) is 13.8 Å².